The first-order chi connectivity index (χ1) is 12.0. The van der Waals surface area contributed by atoms with Gasteiger partial charge in [-0.3, -0.25) is 4.68 Å². The minimum Gasteiger partial charge on any atom is -0.306 e. The average Bonchev–Trinajstić information content (AvgIpc) is 3.05. The van der Waals surface area contributed by atoms with Crippen molar-refractivity contribution in [3.8, 4) is 0 Å². The molecule has 2 heterocycles. The first-order valence-corrected chi connectivity index (χ1v) is 10.1. The number of hydrogen-bond acceptors (Lipinski definition) is 4. The Kier molecular flexibility index (Phi) is 5.56. The van der Waals surface area contributed by atoms with Gasteiger partial charge in [0.05, 0.1) is 6.20 Å². The van der Waals surface area contributed by atoms with Crippen molar-refractivity contribution >= 4 is 10.0 Å². The maximum absolute atomic E-state index is 13.2. The number of hydrogen-bond donors (Lipinski definition) is 0. The Labute approximate surface area is 150 Å². The SMILES string of the molecule is CN1CCC(N(CCc2ccccc2)S(=O)(=O)c2cnn(C)c2)CC1. The summed E-state index contributed by atoms with van der Waals surface area (Å²) in [6.07, 6.45) is 5.47. The second-order valence-electron chi connectivity index (χ2n) is 6.74. The number of sulfonamides is 1. The molecule has 0 aliphatic carbocycles. The van der Waals surface area contributed by atoms with Gasteiger partial charge in [0.1, 0.15) is 4.90 Å². The molecule has 0 amide bonds. The van der Waals surface area contributed by atoms with Crippen LogP contribution in [0.2, 0.25) is 0 Å². The van der Waals surface area contributed by atoms with Gasteiger partial charge in [-0.05, 0) is 45.0 Å². The summed E-state index contributed by atoms with van der Waals surface area (Å²) in [5, 5.41) is 4.04. The quantitative estimate of drug-likeness (QED) is 0.786. The van der Waals surface area contributed by atoms with E-state index in [1.54, 1.807) is 17.5 Å². The number of benzene rings is 1. The molecule has 1 aromatic heterocycles. The molecule has 7 heteroatoms. The van der Waals surface area contributed by atoms with E-state index in [1.807, 2.05) is 30.3 Å². The van der Waals surface area contributed by atoms with Gasteiger partial charge in [0.15, 0.2) is 0 Å². The van der Waals surface area contributed by atoms with Crippen LogP contribution in [0.3, 0.4) is 0 Å². The Balaban J connectivity index is 1.83. The normalized spacial score (nSPS) is 17.2. The van der Waals surface area contributed by atoms with Gasteiger partial charge in [-0.1, -0.05) is 30.3 Å². The van der Waals surface area contributed by atoms with Gasteiger partial charge < -0.3 is 4.90 Å². The number of piperidine rings is 1. The van der Waals surface area contributed by atoms with Crippen molar-refractivity contribution < 1.29 is 8.42 Å². The smallest absolute Gasteiger partial charge is 0.246 e. The second-order valence-corrected chi connectivity index (χ2v) is 8.63. The lowest BCUT2D eigenvalue weighted by Gasteiger charge is -2.36. The standard InChI is InChI=1S/C18H26N4O2S/c1-20-11-9-17(10-12-20)22(13-8-16-6-4-3-5-7-16)25(23,24)18-14-19-21(2)15-18/h3-7,14-15,17H,8-13H2,1-2H3. The van der Waals surface area contributed by atoms with Crippen LogP contribution in [0.25, 0.3) is 0 Å². The highest BCUT2D eigenvalue weighted by Gasteiger charge is 2.33. The molecule has 0 atom stereocenters. The molecular weight excluding hydrogens is 336 g/mol. The molecule has 0 spiro atoms. The van der Waals surface area contributed by atoms with E-state index in [4.69, 9.17) is 0 Å². The van der Waals surface area contributed by atoms with Crippen molar-refractivity contribution in [3.05, 3.63) is 48.3 Å². The molecule has 0 saturated carbocycles. The van der Waals surface area contributed by atoms with Crippen molar-refractivity contribution in [2.45, 2.75) is 30.2 Å². The van der Waals surface area contributed by atoms with E-state index in [2.05, 4.69) is 17.0 Å². The van der Waals surface area contributed by atoms with Crippen LogP contribution in [0.5, 0.6) is 0 Å². The largest absolute Gasteiger partial charge is 0.306 e. The first-order valence-electron chi connectivity index (χ1n) is 8.70. The molecule has 25 heavy (non-hydrogen) atoms. The fraction of sp³-hybridized carbons (Fsp3) is 0.500. The summed E-state index contributed by atoms with van der Waals surface area (Å²) in [6, 6.07) is 10.1. The molecule has 136 valence electrons. The molecule has 2 aromatic rings. The molecule has 0 N–H and O–H groups in total. The highest BCUT2D eigenvalue weighted by atomic mass is 32.2. The van der Waals surface area contributed by atoms with Gasteiger partial charge >= 0.3 is 0 Å². The van der Waals surface area contributed by atoms with E-state index in [9.17, 15) is 8.42 Å². The Bertz CT molecular complexity index is 780. The molecule has 1 aliphatic heterocycles. The zero-order chi connectivity index (χ0) is 17.9. The zero-order valence-electron chi connectivity index (χ0n) is 14.9. The van der Waals surface area contributed by atoms with Crippen molar-refractivity contribution in [3.63, 3.8) is 0 Å². The fourth-order valence-corrected chi connectivity index (χ4v) is 5.01. The van der Waals surface area contributed by atoms with Crippen LogP contribution >= 0.6 is 0 Å². The average molecular weight is 362 g/mol. The van der Waals surface area contributed by atoms with Crippen LogP contribution in [-0.2, 0) is 23.5 Å². The van der Waals surface area contributed by atoms with Crippen molar-refractivity contribution in [1.29, 1.82) is 0 Å². The topological polar surface area (TPSA) is 58.4 Å². The Morgan fingerprint density at radius 3 is 2.44 bits per heavy atom. The molecule has 3 rings (SSSR count). The molecule has 1 aliphatic rings. The molecule has 0 radical (unpaired) electrons. The summed E-state index contributed by atoms with van der Waals surface area (Å²) >= 11 is 0. The molecule has 1 fully saturated rings. The van der Waals surface area contributed by atoms with E-state index in [-0.39, 0.29) is 10.9 Å². The Hall–Kier alpha value is -1.70. The molecule has 0 bridgehead atoms. The third kappa shape index (κ3) is 4.29. The number of aryl methyl sites for hydroxylation is 1. The maximum Gasteiger partial charge on any atom is 0.246 e. The van der Waals surface area contributed by atoms with Crippen molar-refractivity contribution in [1.82, 2.24) is 19.0 Å². The first kappa shape index (κ1) is 18.1. The van der Waals surface area contributed by atoms with Gasteiger partial charge in [0, 0.05) is 25.8 Å². The summed E-state index contributed by atoms with van der Waals surface area (Å²) in [4.78, 5) is 2.53. The Morgan fingerprint density at radius 1 is 1.16 bits per heavy atom. The second kappa shape index (κ2) is 7.68. The van der Waals surface area contributed by atoms with E-state index < -0.39 is 10.0 Å². The van der Waals surface area contributed by atoms with Gasteiger partial charge in [-0.25, -0.2) is 8.42 Å². The van der Waals surface area contributed by atoms with Crippen LogP contribution in [0, 0.1) is 0 Å². The predicted molar refractivity (Wildman–Crippen MR) is 97.8 cm³/mol. The maximum atomic E-state index is 13.2. The lowest BCUT2D eigenvalue weighted by molar-refractivity contribution is 0.183. The molecule has 1 saturated heterocycles. The molecule has 6 nitrogen and oxygen atoms in total. The number of aromatic nitrogens is 2. The minimum absolute atomic E-state index is 0.0464. The molecular formula is C18H26N4O2S. The van der Waals surface area contributed by atoms with Crippen LogP contribution < -0.4 is 0 Å². The van der Waals surface area contributed by atoms with Crippen molar-refractivity contribution in [2.24, 2.45) is 7.05 Å². The van der Waals surface area contributed by atoms with Gasteiger partial charge in [0.25, 0.3) is 0 Å². The van der Waals surface area contributed by atoms with E-state index >= 15 is 0 Å². The van der Waals surface area contributed by atoms with Gasteiger partial charge in [0.2, 0.25) is 10.0 Å². The molecule has 0 unspecified atom stereocenters. The van der Waals surface area contributed by atoms with E-state index in [0.29, 0.717) is 13.0 Å². The summed E-state index contributed by atoms with van der Waals surface area (Å²) in [6.45, 7) is 2.35. The van der Waals surface area contributed by atoms with Crippen LogP contribution in [0.1, 0.15) is 18.4 Å². The zero-order valence-corrected chi connectivity index (χ0v) is 15.7. The van der Waals surface area contributed by atoms with Crippen LogP contribution in [-0.4, -0.2) is 60.1 Å². The van der Waals surface area contributed by atoms with Gasteiger partial charge in [-0.2, -0.15) is 9.40 Å². The van der Waals surface area contributed by atoms with E-state index in [1.165, 1.54) is 10.9 Å². The highest BCUT2D eigenvalue weighted by Crippen LogP contribution is 2.24. The lowest BCUT2D eigenvalue weighted by Crippen LogP contribution is -2.47. The lowest BCUT2D eigenvalue weighted by atomic mass is 10.0. The summed E-state index contributed by atoms with van der Waals surface area (Å²) in [7, 11) is 0.286. The number of rotatable bonds is 6. The summed E-state index contributed by atoms with van der Waals surface area (Å²) in [5.41, 5.74) is 1.15. The Morgan fingerprint density at radius 2 is 1.84 bits per heavy atom. The van der Waals surface area contributed by atoms with Gasteiger partial charge in [-0.15, -0.1) is 0 Å². The third-order valence-electron chi connectivity index (χ3n) is 4.85. The summed E-state index contributed by atoms with van der Waals surface area (Å²) in [5.74, 6) is 0. The van der Waals surface area contributed by atoms with Crippen molar-refractivity contribution in [2.75, 3.05) is 26.7 Å². The minimum atomic E-state index is -3.54. The number of likely N-dealkylation sites (tertiary alicyclic amines) is 1. The third-order valence-corrected chi connectivity index (χ3v) is 6.75. The van der Waals surface area contributed by atoms with E-state index in [0.717, 1.165) is 31.5 Å². The molecule has 1 aromatic carbocycles. The van der Waals surface area contributed by atoms with Crippen LogP contribution in [0.15, 0.2) is 47.6 Å². The summed E-state index contributed by atoms with van der Waals surface area (Å²) < 4.78 is 29.7. The predicted octanol–water partition coefficient (Wildman–Crippen LogP) is 1.75. The fourth-order valence-electron chi connectivity index (χ4n) is 3.33. The number of nitrogens with zero attached hydrogens (tertiary/aromatic N) is 4. The monoisotopic (exact) mass is 362 g/mol. The van der Waals surface area contributed by atoms with Crippen LogP contribution in [0.4, 0.5) is 0 Å². The highest BCUT2D eigenvalue weighted by molar-refractivity contribution is 7.89.